The van der Waals surface area contributed by atoms with Crippen molar-refractivity contribution in [2.24, 2.45) is 0 Å². The third-order valence-corrected chi connectivity index (χ3v) is 4.73. The highest BCUT2D eigenvalue weighted by Gasteiger charge is 2.44. The fraction of sp³-hybridized carbons (Fsp3) is 0.250. The number of hydrogen-bond donors (Lipinski definition) is 1. The minimum Gasteiger partial charge on any atom is -0.324 e. The van der Waals surface area contributed by atoms with Crippen molar-refractivity contribution in [3.05, 3.63) is 69.3 Å². The van der Waals surface area contributed by atoms with Gasteiger partial charge in [0.15, 0.2) is 0 Å². The lowest BCUT2D eigenvalue weighted by Gasteiger charge is -2.22. The molecule has 1 atom stereocenters. The Morgan fingerprint density at radius 3 is 2.36 bits per heavy atom. The standard InChI is InChI=1S/C20H19N3O5/c1-11(2)13-7-4-5-9-15(13)21-18(24)12(3)22-19(25)14-8-6-10-16(23(27)28)17(14)20(22)26/h4-12H,1-3H3,(H,21,24)/t12-/m0/s1. The number of fused-ring (bicyclic) bond motifs is 1. The Balaban J connectivity index is 1.89. The van der Waals surface area contributed by atoms with Crippen LogP contribution in [-0.4, -0.2) is 33.6 Å². The first-order chi connectivity index (χ1) is 13.2. The van der Waals surface area contributed by atoms with Crippen LogP contribution < -0.4 is 5.32 Å². The number of benzene rings is 2. The summed E-state index contributed by atoms with van der Waals surface area (Å²) in [5.74, 6) is -1.95. The summed E-state index contributed by atoms with van der Waals surface area (Å²) < 4.78 is 0. The summed E-state index contributed by atoms with van der Waals surface area (Å²) in [6.45, 7) is 5.39. The number of imide groups is 1. The Morgan fingerprint density at radius 2 is 1.71 bits per heavy atom. The predicted octanol–water partition coefficient (Wildman–Crippen LogP) is 3.34. The van der Waals surface area contributed by atoms with Crippen LogP contribution in [0.4, 0.5) is 11.4 Å². The number of para-hydroxylation sites is 1. The zero-order chi connectivity index (χ0) is 20.6. The van der Waals surface area contributed by atoms with Gasteiger partial charge in [-0.2, -0.15) is 0 Å². The summed E-state index contributed by atoms with van der Waals surface area (Å²) in [6.07, 6.45) is 0. The molecule has 0 radical (unpaired) electrons. The first-order valence-electron chi connectivity index (χ1n) is 8.79. The van der Waals surface area contributed by atoms with Crippen LogP contribution in [0.3, 0.4) is 0 Å². The summed E-state index contributed by atoms with van der Waals surface area (Å²) in [4.78, 5) is 49.4. The molecule has 8 heteroatoms. The number of carbonyl (C=O) groups excluding carboxylic acids is 3. The Morgan fingerprint density at radius 1 is 1.04 bits per heavy atom. The first kappa shape index (κ1) is 19.2. The van der Waals surface area contributed by atoms with Crippen LogP contribution in [0.25, 0.3) is 0 Å². The van der Waals surface area contributed by atoms with Gasteiger partial charge in [-0.05, 0) is 30.5 Å². The molecule has 3 rings (SSSR count). The Hall–Kier alpha value is -3.55. The summed E-state index contributed by atoms with van der Waals surface area (Å²) >= 11 is 0. The largest absolute Gasteiger partial charge is 0.324 e. The summed E-state index contributed by atoms with van der Waals surface area (Å²) in [7, 11) is 0. The van der Waals surface area contributed by atoms with Gasteiger partial charge in [0.25, 0.3) is 17.5 Å². The number of hydrogen-bond acceptors (Lipinski definition) is 5. The highest BCUT2D eigenvalue weighted by molar-refractivity contribution is 6.24. The molecule has 0 unspecified atom stereocenters. The van der Waals surface area contributed by atoms with Gasteiger partial charge in [0.05, 0.1) is 10.5 Å². The molecule has 1 aliphatic rings. The molecule has 144 valence electrons. The second-order valence-electron chi connectivity index (χ2n) is 6.84. The van der Waals surface area contributed by atoms with Gasteiger partial charge in [0.1, 0.15) is 11.6 Å². The molecule has 0 aromatic heterocycles. The fourth-order valence-corrected chi connectivity index (χ4v) is 3.26. The summed E-state index contributed by atoms with van der Waals surface area (Å²) in [5, 5.41) is 14.0. The monoisotopic (exact) mass is 381 g/mol. The molecule has 0 fully saturated rings. The van der Waals surface area contributed by atoms with Crippen molar-refractivity contribution < 1.29 is 19.3 Å². The van der Waals surface area contributed by atoms with Crippen LogP contribution in [0, 0.1) is 10.1 Å². The molecule has 0 saturated carbocycles. The number of nitrogens with one attached hydrogen (secondary N) is 1. The van der Waals surface area contributed by atoms with Crippen molar-refractivity contribution in [3.8, 4) is 0 Å². The van der Waals surface area contributed by atoms with Gasteiger partial charge < -0.3 is 5.32 Å². The van der Waals surface area contributed by atoms with Crippen LogP contribution in [0.15, 0.2) is 42.5 Å². The van der Waals surface area contributed by atoms with Gasteiger partial charge in [-0.1, -0.05) is 38.1 Å². The molecule has 0 bridgehead atoms. The average Bonchev–Trinajstić information content (AvgIpc) is 2.92. The number of amides is 3. The number of carbonyl (C=O) groups is 3. The molecule has 8 nitrogen and oxygen atoms in total. The Bertz CT molecular complexity index is 999. The van der Waals surface area contributed by atoms with Gasteiger partial charge in [-0.15, -0.1) is 0 Å². The van der Waals surface area contributed by atoms with Crippen LogP contribution in [0.1, 0.15) is 53.0 Å². The smallest absolute Gasteiger partial charge is 0.282 e. The molecule has 1 aliphatic heterocycles. The van der Waals surface area contributed by atoms with Crippen molar-refractivity contribution in [3.63, 3.8) is 0 Å². The lowest BCUT2D eigenvalue weighted by molar-refractivity contribution is -0.385. The van der Waals surface area contributed by atoms with E-state index in [0.29, 0.717) is 5.69 Å². The van der Waals surface area contributed by atoms with Gasteiger partial charge in [-0.3, -0.25) is 29.4 Å². The average molecular weight is 381 g/mol. The summed E-state index contributed by atoms with van der Waals surface area (Å²) in [5.41, 5.74) is 0.718. The maximum absolute atomic E-state index is 12.7. The molecular formula is C20H19N3O5. The van der Waals surface area contributed by atoms with E-state index in [9.17, 15) is 24.5 Å². The molecule has 28 heavy (non-hydrogen) atoms. The van der Waals surface area contributed by atoms with Crippen LogP contribution in [0.5, 0.6) is 0 Å². The SMILES string of the molecule is CC(C)c1ccccc1NC(=O)[C@H](C)N1C(=O)c2cccc([N+](=O)[O-])c2C1=O. The van der Waals surface area contributed by atoms with Crippen LogP contribution >= 0.6 is 0 Å². The predicted molar refractivity (Wildman–Crippen MR) is 102 cm³/mol. The quantitative estimate of drug-likeness (QED) is 0.485. The van der Waals surface area contributed by atoms with E-state index >= 15 is 0 Å². The number of rotatable bonds is 5. The maximum Gasteiger partial charge on any atom is 0.282 e. The van der Waals surface area contributed by atoms with E-state index in [0.717, 1.165) is 16.5 Å². The van der Waals surface area contributed by atoms with Gasteiger partial charge in [0.2, 0.25) is 5.91 Å². The van der Waals surface area contributed by atoms with E-state index in [1.807, 2.05) is 26.0 Å². The zero-order valence-corrected chi connectivity index (χ0v) is 15.6. The van der Waals surface area contributed by atoms with Crippen molar-refractivity contribution in [1.29, 1.82) is 0 Å². The molecule has 0 aliphatic carbocycles. The Kier molecular flexibility index (Phi) is 4.96. The Labute approximate surface area is 161 Å². The lowest BCUT2D eigenvalue weighted by Crippen LogP contribution is -2.45. The van der Waals surface area contributed by atoms with Gasteiger partial charge in [-0.25, -0.2) is 0 Å². The molecule has 1 N–H and O–H groups in total. The molecule has 3 amide bonds. The summed E-state index contributed by atoms with van der Waals surface area (Å²) in [6, 6.07) is 9.99. The lowest BCUT2D eigenvalue weighted by atomic mass is 10.0. The number of nitrogens with zero attached hydrogens (tertiary/aromatic N) is 2. The molecule has 0 spiro atoms. The first-order valence-corrected chi connectivity index (χ1v) is 8.79. The highest BCUT2D eigenvalue weighted by atomic mass is 16.6. The fourth-order valence-electron chi connectivity index (χ4n) is 3.26. The second kappa shape index (κ2) is 7.22. The van der Waals surface area contributed by atoms with E-state index in [1.165, 1.54) is 19.1 Å². The molecule has 0 saturated heterocycles. The van der Waals surface area contributed by atoms with Crippen molar-refractivity contribution in [1.82, 2.24) is 4.90 Å². The molecule has 2 aromatic carbocycles. The molecule has 1 heterocycles. The zero-order valence-electron chi connectivity index (χ0n) is 15.6. The topological polar surface area (TPSA) is 110 Å². The van der Waals surface area contributed by atoms with E-state index < -0.39 is 34.4 Å². The second-order valence-corrected chi connectivity index (χ2v) is 6.84. The third kappa shape index (κ3) is 3.13. The number of nitro groups is 1. The number of anilines is 1. The van der Waals surface area contributed by atoms with E-state index in [2.05, 4.69) is 5.32 Å². The van der Waals surface area contributed by atoms with Crippen molar-refractivity contribution in [2.45, 2.75) is 32.7 Å². The van der Waals surface area contributed by atoms with Crippen LogP contribution in [-0.2, 0) is 4.79 Å². The molecular weight excluding hydrogens is 362 g/mol. The van der Waals surface area contributed by atoms with Crippen molar-refractivity contribution in [2.75, 3.05) is 5.32 Å². The number of nitro benzene ring substituents is 1. The van der Waals surface area contributed by atoms with E-state index in [4.69, 9.17) is 0 Å². The van der Waals surface area contributed by atoms with E-state index in [-0.39, 0.29) is 17.0 Å². The van der Waals surface area contributed by atoms with Gasteiger partial charge >= 0.3 is 0 Å². The normalized spacial score (nSPS) is 14.2. The minimum atomic E-state index is -1.13. The molecule has 2 aromatic rings. The van der Waals surface area contributed by atoms with Gasteiger partial charge in [0, 0.05) is 11.8 Å². The highest BCUT2D eigenvalue weighted by Crippen LogP contribution is 2.32. The minimum absolute atomic E-state index is 0.0681. The van der Waals surface area contributed by atoms with E-state index in [1.54, 1.807) is 12.1 Å². The van der Waals surface area contributed by atoms with Crippen molar-refractivity contribution >= 4 is 29.1 Å². The third-order valence-electron chi connectivity index (χ3n) is 4.73. The maximum atomic E-state index is 12.7. The van der Waals surface area contributed by atoms with Crippen LogP contribution in [0.2, 0.25) is 0 Å².